The highest BCUT2D eigenvalue weighted by Gasteiger charge is 2.38. The Morgan fingerprint density at radius 3 is 2.61 bits per heavy atom. The summed E-state index contributed by atoms with van der Waals surface area (Å²) in [5.74, 6) is -0.592. The van der Waals surface area contributed by atoms with Crippen LogP contribution >= 0.6 is 11.3 Å². The molecule has 0 aliphatic carbocycles. The molecule has 2 amide bonds. The molecule has 2 aromatic heterocycles. The van der Waals surface area contributed by atoms with Gasteiger partial charge in [-0.1, -0.05) is 38.1 Å². The van der Waals surface area contributed by atoms with Crippen LogP contribution in [0.1, 0.15) is 56.1 Å². The van der Waals surface area contributed by atoms with E-state index < -0.39 is 6.04 Å². The number of fused-ring (bicyclic) bond motifs is 1. The van der Waals surface area contributed by atoms with Crippen LogP contribution in [-0.2, 0) is 14.3 Å². The Morgan fingerprint density at radius 2 is 1.92 bits per heavy atom. The number of methoxy groups -OCH3 is 1. The third kappa shape index (κ3) is 4.90. The van der Waals surface area contributed by atoms with Gasteiger partial charge in [-0.25, -0.2) is 4.79 Å². The molecule has 1 unspecified atom stereocenters. The van der Waals surface area contributed by atoms with Gasteiger partial charge in [0.2, 0.25) is 11.8 Å². The van der Waals surface area contributed by atoms with Crippen molar-refractivity contribution in [2.24, 2.45) is 10.9 Å². The number of carbonyl (C=O) groups excluding carboxylic acids is 3. The SMILES string of the molecule is COC(=O)c1cc2scc(-c3ccc(C4=CN=C(C5CCCN5C(=O)[C@@H](NC(C)=O)C(C)C)C4)cc3)c2[nH]1. The zero-order chi connectivity index (χ0) is 27.0. The number of nitrogens with one attached hydrogen (secondary N) is 2. The van der Waals surface area contributed by atoms with Gasteiger partial charge in [0.05, 0.1) is 23.4 Å². The molecule has 2 aliphatic heterocycles. The number of amides is 2. The highest BCUT2D eigenvalue weighted by atomic mass is 32.1. The van der Waals surface area contributed by atoms with Crippen molar-refractivity contribution in [1.29, 1.82) is 0 Å². The van der Waals surface area contributed by atoms with Crippen molar-refractivity contribution in [2.75, 3.05) is 13.7 Å². The van der Waals surface area contributed by atoms with Crippen LogP contribution in [0.2, 0.25) is 0 Å². The third-order valence-corrected chi connectivity index (χ3v) is 8.23. The van der Waals surface area contributed by atoms with Crippen molar-refractivity contribution in [3.05, 3.63) is 53.2 Å². The maximum absolute atomic E-state index is 13.4. The van der Waals surface area contributed by atoms with Gasteiger partial charge in [-0.2, -0.15) is 0 Å². The number of aromatic amines is 1. The highest BCUT2D eigenvalue weighted by Crippen LogP contribution is 2.36. The van der Waals surface area contributed by atoms with Gasteiger partial charge in [-0.05, 0) is 41.5 Å². The minimum absolute atomic E-state index is 0.00728. The number of H-pyrrole nitrogens is 1. The van der Waals surface area contributed by atoms with Gasteiger partial charge in [-0.3, -0.25) is 14.6 Å². The summed E-state index contributed by atoms with van der Waals surface area (Å²) in [6.07, 6.45) is 4.42. The maximum atomic E-state index is 13.4. The van der Waals surface area contributed by atoms with E-state index in [1.807, 2.05) is 31.0 Å². The Hall–Kier alpha value is -3.72. The highest BCUT2D eigenvalue weighted by molar-refractivity contribution is 7.17. The van der Waals surface area contributed by atoms with E-state index in [-0.39, 0.29) is 29.7 Å². The summed E-state index contributed by atoms with van der Waals surface area (Å²) in [4.78, 5) is 46.8. The minimum atomic E-state index is -0.526. The van der Waals surface area contributed by atoms with Gasteiger partial charge < -0.3 is 19.9 Å². The Morgan fingerprint density at radius 1 is 1.18 bits per heavy atom. The van der Waals surface area contributed by atoms with Crippen LogP contribution in [0.3, 0.4) is 0 Å². The number of aliphatic imine (C=N–C) groups is 1. The van der Waals surface area contributed by atoms with Crippen molar-refractivity contribution in [2.45, 2.75) is 52.1 Å². The first kappa shape index (κ1) is 25.9. The smallest absolute Gasteiger partial charge is 0.354 e. The third-order valence-electron chi connectivity index (χ3n) is 7.30. The first-order valence-corrected chi connectivity index (χ1v) is 13.8. The van der Waals surface area contributed by atoms with Crippen LogP contribution in [0.4, 0.5) is 0 Å². The molecule has 1 aromatic carbocycles. The molecule has 1 saturated heterocycles. The number of nitrogens with zero attached hydrogens (tertiary/aromatic N) is 2. The molecule has 0 spiro atoms. The lowest BCUT2D eigenvalue weighted by Crippen LogP contribution is -2.53. The van der Waals surface area contributed by atoms with Crippen molar-refractivity contribution in [3.63, 3.8) is 0 Å². The van der Waals surface area contributed by atoms with E-state index in [2.05, 4.69) is 39.9 Å². The summed E-state index contributed by atoms with van der Waals surface area (Å²) in [6, 6.07) is 9.61. The number of rotatable bonds is 7. The summed E-state index contributed by atoms with van der Waals surface area (Å²) in [5, 5.41) is 4.92. The largest absolute Gasteiger partial charge is 0.464 e. The lowest BCUT2D eigenvalue weighted by atomic mass is 9.96. The maximum Gasteiger partial charge on any atom is 0.354 e. The van der Waals surface area contributed by atoms with Gasteiger partial charge in [0.25, 0.3) is 0 Å². The fourth-order valence-electron chi connectivity index (χ4n) is 5.32. The fourth-order valence-corrected chi connectivity index (χ4v) is 6.29. The number of ether oxygens (including phenoxy) is 1. The van der Waals surface area contributed by atoms with Crippen molar-refractivity contribution in [3.8, 4) is 11.1 Å². The summed E-state index contributed by atoms with van der Waals surface area (Å²) < 4.78 is 5.84. The zero-order valence-electron chi connectivity index (χ0n) is 22.0. The number of benzene rings is 1. The molecule has 1 fully saturated rings. The molecule has 38 heavy (non-hydrogen) atoms. The Balaban J connectivity index is 1.28. The Labute approximate surface area is 225 Å². The second kappa shape index (κ2) is 10.6. The molecular formula is C29H32N4O4S. The summed E-state index contributed by atoms with van der Waals surface area (Å²) >= 11 is 1.59. The predicted molar refractivity (Wildman–Crippen MR) is 150 cm³/mol. The van der Waals surface area contributed by atoms with E-state index >= 15 is 0 Å². The number of aromatic nitrogens is 1. The zero-order valence-corrected chi connectivity index (χ0v) is 22.9. The van der Waals surface area contributed by atoms with E-state index in [0.717, 1.165) is 51.0 Å². The average Bonchev–Trinajstić information content (AvgIpc) is 3.69. The van der Waals surface area contributed by atoms with Crippen molar-refractivity contribution in [1.82, 2.24) is 15.2 Å². The van der Waals surface area contributed by atoms with Gasteiger partial charge >= 0.3 is 5.97 Å². The predicted octanol–water partition coefficient (Wildman–Crippen LogP) is 5.02. The van der Waals surface area contributed by atoms with Gasteiger partial charge in [-0.15, -0.1) is 11.3 Å². The molecule has 3 aromatic rings. The topological polar surface area (TPSA) is 104 Å². The van der Waals surface area contributed by atoms with Gasteiger partial charge in [0, 0.05) is 42.7 Å². The molecule has 198 valence electrons. The van der Waals surface area contributed by atoms with E-state index in [1.54, 1.807) is 11.3 Å². The molecule has 4 heterocycles. The molecule has 2 atom stereocenters. The molecule has 5 rings (SSSR count). The molecule has 2 N–H and O–H groups in total. The molecule has 0 saturated carbocycles. The molecular weight excluding hydrogens is 500 g/mol. The number of allylic oxidation sites excluding steroid dienone is 1. The van der Waals surface area contributed by atoms with E-state index in [0.29, 0.717) is 18.7 Å². The van der Waals surface area contributed by atoms with E-state index in [9.17, 15) is 14.4 Å². The van der Waals surface area contributed by atoms with Crippen LogP contribution in [0.25, 0.3) is 26.9 Å². The quantitative estimate of drug-likeness (QED) is 0.417. The van der Waals surface area contributed by atoms with Gasteiger partial charge in [0.15, 0.2) is 0 Å². The standard InChI is InChI=1S/C29H32N4O4S/c1-16(2)26(31-17(3)34)28(35)33-11-5-6-24(33)22-12-20(14-30-22)18-7-9-19(10-8-18)21-15-38-25-13-23(29(36)37-4)32-27(21)25/h7-10,13-16,24,26,32H,5-6,11-12H2,1-4H3,(H,31,34)/t24?,26-/m0/s1. The summed E-state index contributed by atoms with van der Waals surface area (Å²) in [6.45, 7) is 6.04. The second-order valence-corrected chi connectivity index (χ2v) is 11.1. The minimum Gasteiger partial charge on any atom is -0.464 e. The number of hydrogen-bond acceptors (Lipinski definition) is 6. The monoisotopic (exact) mass is 532 g/mol. The van der Waals surface area contributed by atoms with Crippen LogP contribution in [-0.4, -0.2) is 59.1 Å². The molecule has 0 radical (unpaired) electrons. The lowest BCUT2D eigenvalue weighted by molar-refractivity contribution is -0.137. The number of thiophene rings is 1. The summed E-state index contributed by atoms with van der Waals surface area (Å²) in [5.41, 5.74) is 6.70. The first-order chi connectivity index (χ1) is 18.3. The fraction of sp³-hybridized carbons (Fsp3) is 0.379. The van der Waals surface area contributed by atoms with E-state index in [4.69, 9.17) is 9.73 Å². The lowest BCUT2D eigenvalue weighted by Gasteiger charge is -2.31. The van der Waals surface area contributed by atoms with Crippen molar-refractivity contribution >= 4 is 50.6 Å². The van der Waals surface area contributed by atoms with Gasteiger partial charge in [0.1, 0.15) is 11.7 Å². The normalized spacial score (nSPS) is 18.0. The van der Waals surface area contributed by atoms with Crippen molar-refractivity contribution < 1.29 is 19.1 Å². The number of esters is 1. The first-order valence-electron chi connectivity index (χ1n) is 12.9. The van der Waals surface area contributed by atoms with Crippen LogP contribution in [0, 0.1) is 5.92 Å². The second-order valence-electron chi connectivity index (χ2n) is 10.2. The molecule has 8 nitrogen and oxygen atoms in total. The summed E-state index contributed by atoms with van der Waals surface area (Å²) in [7, 11) is 1.38. The molecule has 2 aliphatic rings. The van der Waals surface area contributed by atoms with Crippen LogP contribution < -0.4 is 5.32 Å². The molecule has 9 heteroatoms. The van der Waals surface area contributed by atoms with Crippen LogP contribution in [0.15, 0.2) is 46.9 Å². The number of hydrogen-bond donors (Lipinski definition) is 2. The van der Waals surface area contributed by atoms with E-state index in [1.165, 1.54) is 14.0 Å². The van der Waals surface area contributed by atoms with Crippen LogP contribution in [0.5, 0.6) is 0 Å². The number of carbonyl (C=O) groups is 3. The Bertz CT molecular complexity index is 1450. The average molecular weight is 533 g/mol. The molecule has 0 bridgehead atoms. The Kier molecular flexibility index (Phi) is 7.21. The number of likely N-dealkylation sites (tertiary alicyclic amines) is 1.